The second-order valence-electron chi connectivity index (χ2n) is 8.40. The van der Waals surface area contributed by atoms with E-state index in [2.05, 4.69) is 16.0 Å². The third kappa shape index (κ3) is 14.2. The number of hydrogen-bond donors (Lipinski definition) is 7. The van der Waals surface area contributed by atoms with Gasteiger partial charge in [0.25, 0.3) is 0 Å². The highest BCUT2D eigenvalue weighted by Crippen LogP contribution is 2.08. The van der Waals surface area contributed by atoms with Gasteiger partial charge in [0.05, 0.1) is 6.04 Å². The maximum Gasteiger partial charge on any atom is 0.326 e. The molecule has 0 saturated heterocycles. The molecule has 0 rings (SSSR count). The first-order chi connectivity index (χ1) is 16.3. The fraction of sp³-hybridized carbons (Fsp3) is 0.714. The summed E-state index contributed by atoms with van der Waals surface area (Å²) < 4.78 is 0. The Morgan fingerprint density at radius 2 is 1.20 bits per heavy atom. The molecule has 0 aliphatic heterocycles. The Balaban J connectivity index is 5.51. The van der Waals surface area contributed by atoms with Crippen molar-refractivity contribution in [3.63, 3.8) is 0 Å². The van der Waals surface area contributed by atoms with Gasteiger partial charge in [0.2, 0.25) is 17.7 Å². The van der Waals surface area contributed by atoms with Crippen molar-refractivity contribution in [1.82, 2.24) is 16.0 Å². The summed E-state index contributed by atoms with van der Waals surface area (Å²) in [4.78, 5) is 71.2. The number of hydrogen-bond acceptors (Lipinski definition) is 8. The van der Waals surface area contributed by atoms with Crippen LogP contribution in [0.2, 0.25) is 0 Å². The normalized spacial score (nSPS) is 14.3. The summed E-state index contributed by atoms with van der Waals surface area (Å²) in [7, 11) is 0. The van der Waals surface area contributed by atoms with E-state index in [4.69, 9.17) is 15.9 Å². The van der Waals surface area contributed by atoms with Crippen molar-refractivity contribution in [3.8, 4) is 0 Å². The molecule has 0 spiro atoms. The van der Waals surface area contributed by atoms with Crippen molar-refractivity contribution < 1.29 is 44.1 Å². The maximum absolute atomic E-state index is 12.9. The minimum atomic E-state index is -1.36. The largest absolute Gasteiger partial charge is 0.481 e. The highest BCUT2D eigenvalue weighted by atomic mass is 32.2. The fourth-order valence-electron chi connectivity index (χ4n) is 2.97. The summed E-state index contributed by atoms with van der Waals surface area (Å²) in [5.41, 5.74) is 5.66. The number of aliphatic carboxylic acids is 3. The van der Waals surface area contributed by atoms with Crippen LogP contribution < -0.4 is 21.7 Å². The van der Waals surface area contributed by atoms with Crippen molar-refractivity contribution in [2.75, 3.05) is 12.0 Å². The van der Waals surface area contributed by atoms with Gasteiger partial charge in [-0.2, -0.15) is 11.8 Å². The van der Waals surface area contributed by atoms with Gasteiger partial charge in [0.15, 0.2) is 0 Å². The molecule has 0 aromatic heterocycles. The summed E-state index contributed by atoms with van der Waals surface area (Å²) in [6.45, 7) is 3.60. The van der Waals surface area contributed by atoms with E-state index in [1.807, 2.05) is 0 Å². The Labute approximate surface area is 208 Å². The maximum atomic E-state index is 12.9. The molecule has 0 aromatic rings. The Bertz CT molecular complexity index is 763. The van der Waals surface area contributed by atoms with Crippen LogP contribution in [0.4, 0.5) is 0 Å². The average Bonchev–Trinajstić information content (AvgIpc) is 2.76. The predicted molar refractivity (Wildman–Crippen MR) is 128 cm³/mol. The van der Waals surface area contributed by atoms with Gasteiger partial charge in [-0.1, -0.05) is 13.8 Å². The zero-order valence-electron chi connectivity index (χ0n) is 20.1. The molecule has 0 saturated carbocycles. The first kappa shape index (κ1) is 32.1. The Kier molecular flexibility index (Phi) is 15.3. The molecule has 0 aromatic carbocycles. The number of carboxylic acids is 3. The number of nitrogens with two attached hydrogens (primary N) is 1. The minimum Gasteiger partial charge on any atom is -0.481 e. The van der Waals surface area contributed by atoms with Crippen LogP contribution in [0.1, 0.15) is 52.4 Å². The van der Waals surface area contributed by atoms with Crippen LogP contribution in [0.3, 0.4) is 0 Å². The molecule has 8 N–H and O–H groups in total. The number of carbonyl (C=O) groups is 6. The van der Waals surface area contributed by atoms with Gasteiger partial charge in [-0.3, -0.25) is 24.0 Å². The lowest BCUT2D eigenvalue weighted by Crippen LogP contribution is -2.57. The summed E-state index contributed by atoms with van der Waals surface area (Å²) in [5.74, 6) is -5.57. The van der Waals surface area contributed by atoms with E-state index in [-0.39, 0.29) is 38.0 Å². The molecule has 0 aliphatic rings. The smallest absolute Gasteiger partial charge is 0.326 e. The number of thioether (sulfide) groups is 1. The lowest BCUT2D eigenvalue weighted by molar-refractivity contribution is -0.143. The first-order valence-electron chi connectivity index (χ1n) is 11.1. The predicted octanol–water partition coefficient (Wildman–Crippen LogP) is -0.618. The molecular formula is C21H36N4O9S. The lowest BCUT2D eigenvalue weighted by atomic mass is 10.0. The second-order valence-corrected chi connectivity index (χ2v) is 9.39. The first-order valence-corrected chi connectivity index (χ1v) is 12.5. The standard InChI is InChI=1S/C21H36N4O9S/c1-11(2)10-15(21(33)34)25-20(32)14(8-9-35-3)24-19(31)13(5-7-17(28)29)23-18(30)12(22)4-6-16(26)27/h11-15H,4-10,22H2,1-3H3,(H,23,30)(H,24,31)(H,25,32)(H,26,27)(H,28,29)(H,33,34). The highest BCUT2D eigenvalue weighted by molar-refractivity contribution is 7.98. The average molecular weight is 521 g/mol. The highest BCUT2D eigenvalue weighted by Gasteiger charge is 2.30. The zero-order valence-corrected chi connectivity index (χ0v) is 20.9. The fourth-order valence-corrected chi connectivity index (χ4v) is 3.44. The van der Waals surface area contributed by atoms with Gasteiger partial charge in [0, 0.05) is 12.8 Å². The molecule has 4 unspecified atom stereocenters. The molecule has 200 valence electrons. The van der Waals surface area contributed by atoms with E-state index in [9.17, 15) is 33.9 Å². The number of carboxylic acid groups (broad SMARTS) is 3. The third-order valence-corrected chi connectivity index (χ3v) is 5.50. The van der Waals surface area contributed by atoms with Gasteiger partial charge >= 0.3 is 17.9 Å². The number of nitrogens with one attached hydrogen (secondary N) is 3. The van der Waals surface area contributed by atoms with Gasteiger partial charge in [0.1, 0.15) is 18.1 Å². The SMILES string of the molecule is CSCCC(NC(=O)C(CCC(=O)O)NC(=O)C(N)CCC(=O)O)C(=O)NC(CC(C)C)C(=O)O. The number of carbonyl (C=O) groups excluding carboxylic acids is 3. The number of rotatable bonds is 18. The van der Waals surface area contributed by atoms with E-state index < -0.39 is 66.2 Å². The van der Waals surface area contributed by atoms with Crippen molar-refractivity contribution in [3.05, 3.63) is 0 Å². The Morgan fingerprint density at radius 1 is 0.743 bits per heavy atom. The third-order valence-electron chi connectivity index (χ3n) is 4.85. The molecular weight excluding hydrogens is 484 g/mol. The van der Waals surface area contributed by atoms with Crippen LogP contribution in [0, 0.1) is 5.92 Å². The van der Waals surface area contributed by atoms with Crippen molar-refractivity contribution in [2.45, 2.75) is 76.5 Å². The summed E-state index contributed by atoms with van der Waals surface area (Å²) in [6, 6.07) is -4.89. The van der Waals surface area contributed by atoms with Crippen LogP contribution in [0.5, 0.6) is 0 Å². The lowest BCUT2D eigenvalue weighted by Gasteiger charge is -2.25. The topological polar surface area (TPSA) is 225 Å². The quantitative estimate of drug-likeness (QED) is 0.120. The van der Waals surface area contributed by atoms with Crippen LogP contribution in [0.15, 0.2) is 0 Å². The van der Waals surface area contributed by atoms with E-state index >= 15 is 0 Å². The van der Waals surface area contributed by atoms with Crippen molar-refractivity contribution >= 4 is 47.4 Å². The molecule has 14 heteroatoms. The second kappa shape index (κ2) is 16.7. The molecule has 35 heavy (non-hydrogen) atoms. The summed E-state index contributed by atoms with van der Waals surface area (Å²) in [5, 5.41) is 34.3. The molecule has 4 atom stereocenters. The molecule has 0 heterocycles. The molecule has 3 amide bonds. The van der Waals surface area contributed by atoms with Gasteiger partial charge in [-0.25, -0.2) is 4.79 Å². The monoisotopic (exact) mass is 520 g/mol. The van der Waals surface area contributed by atoms with Crippen LogP contribution >= 0.6 is 11.8 Å². The van der Waals surface area contributed by atoms with Gasteiger partial charge in [-0.05, 0) is 43.6 Å². The van der Waals surface area contributed by atoms with E-state index in [1.165, 1.54) is 11.8 Å². The molecule has 13 nitrogen and oxygen atoms in total. The minimum absolute atomic E-state index is 0.0171. The number of amides is 3. The Hall–Kier alpha value is -2.87. The molecule has 0 fully saturated rings. The summed E-state index contributed by atoms with van der Waals surface area (Å²) >= 11 is 1.40. The summed E-state index contributed by atoms with van der Waals surface area (Å²) in [6.07, 6.45) is 0.767. The van der Waals surface area contributed by atoms with Gasteiger partial charge in [-0.15, -0.1) is 0 Å². The van der Waals surface area contributed by atoms with E-state index in [0.717, 1.165) is 0 Å². The molecule has 0 bridgehead atoms. The van der Waals surface area contributed by atoms with E-state index in [0.29, 0.717) is 5.75 Å². The Morgan fingerprint density at radius 3 is 1.66 bits per heavy atom. The van der Waals surface area contributed by atoms with Crippen molar-refractivity contribution in [1.29, 1.82) is 0 Å². The van der Waals surface area contributed by atoms with E-state index in [1.54, 1.807) is 20.1 Å². The van der Waals surface area contributed by atoms with Crippen molar-refractivity contribution in [2.24, 2.45) is 11.7 Å². The van der Waals surface area contributed by atoms with Crippen LogP contribution in [0.25, 0.3) is 0 Å². The zero-order chi connectivity index (χ0) is 27.1. The van der Waals surface area contributed by atoms with Crippen LogP contribution in [-0.2, 0) is 28.8 Å². The van der Waals surface area contributed by atoms with Gasteiger partial charge < -0.3 is 37.0 Å². The molecule has 0 radical (unpaired) electrons. The molecule has 0 aliphatic carbocycles. The van der Waals surface area contributed by atoms with Crippen LogP contribution in [-0.4, -0.2) is 87.1 Å².